The fraction of sp³-hybridized carbons (Fsp3) is 0.667. The summed E-state index contributed by atoms with van der Waals surface area (Å²) in [6.45, 7) is 3.90. The lowest BCUT2D eigenvalue weighted by atomic mass is 10.2. The summed E-state index contributed by atoms with van der Waals surface area (Å²) in [4.78, 5) is 15.5. The zero-order chi connectivity index (χ0) is 13.1. The molecule has 17 heavy (non-hydrogen) atoms. The van der Waals surface area contributed by atoms with Crippen LogP contribution in [0.15, 0.2) is 0 Å². The monoisotopic (exact) mass is 260 g/mol. The molecular formula is C9H16N4O3S. The van der Waals surface area contributed by atoms with Crippen LogP contribution in [0.2, 0.25) is 0 Å². The first kappa shape index (κ1) is 13.6. The summed E-state index contributed by atoms with van der Waals surface area (Å²) < 4.78 is 21.7. The van der Waals surface area contributed by atoms with Crippen LogP contribution in [0.4, 0.5) is 0 Å². The number of carbonyl (C=O) groups excluding carboxylic acids is 1. The van der Waals surface area contributed by atoms with Gasteiger partial charge in [0.1, 0.15) is 15.7 Å². The van der Waals surface area contributed by atoms with Gasteiger partial charge in [0, 0.05) is 18.7 Å². The molecule has 8 heteroatoms. The van der Waals surface area contributed by atoms with Crippen molar-refractivity contribution in [3.05, 3.63) is 11.6 Å². The molecule has 0 aliphatic carbocycles. The number of sulfone groups is 1. The first-order valence-electron chi connectivity index (χ1n) is 5.18. The molecule has 2 N–H and O–H groups in total. The van der Waals surface area contributed by atoms with Crippen molar-refractivity contribution in [2.75, 3.05) is 18.6 Å². The first-order chi connectivity index (χ1) is 7.79. The van der Waals surface area contributed by atoms with Gasteiger partial charge in [-0.3, -0.25) is 9.89 Å². The molecule has 1 aromatic rings. The van der Waals surface area contributed by atoms with E-state index in [-0.39, 0.29) is 24.0 Å². The molecule has 0 saturated heterocycles. The number of hydrogen-bond acceptors (Lipinski definition) is 5. The Morgan fingerprint density at radius 3 is 2.59 bits per heavy atom. The minimum atomic E-state index is -3.07. The summed E-state index contributed by atoms with van der Waals surface area (Å²) >= 11 is 0. The maximum absolute atomic E-state index is 11.5. The van der Waals surface area contributed by atoms with E-state index in [1.807, 2.05) is 13.8 Å². The van der Waals surface area contributed by atoms with Gasteiger partial charge in [-0.2, -0.15) is 0 Å². The van der Waals surface area contributed by atoms with Gasteiger partial charge in [-0.05, 0) is 0 Å². The summed E-state index contributed by atoms with van der Waals surface area (Å²) in [5.74, 6) is 0.234. The topological polar surface area (TPSA) is 105 Å². The van der Waals surface area contributed by atoms with Gasteiger partial charge < -0.3 is 5.32 Å². The zero-order valence-electron chi connectivity index (χ0n) is 10.0. The average Bonchev–Trinajstić information content (AvgIpc) is 2.63. The third-order valence-corrected chi connectivity index (χ3v) is 2.96. The Morgan fingerprint density at radius 2 is 2.12 bits per heavy atom. The van der Waals surface area contributed by atoms with Gasteiger partial charge in [-0.1, -0.05) is 13.8 Å². The third-order valence-electron chi connectivity index (χ3n) is 2.01. The molecule has 0 fully saturated rings. The number of rotatable bonds is 5. The summed E-state index contributed by atoms with van der Waals surface area (Å²) in [6.07, 6.45) is 1.11. The maximum atomic E-state index is 11.5. The highest BCUT2D eigenvalue weighted by Gasteiger charge is 2.14. The highest BCUT2D eigenvalue weighted by molar-refractivity contribution is 7.90. The van der Waals surface area contributed by atoms with E-state index in [4.69, 9.17) is 0 Å². The van der Waals surface area contributed by atoms with E-state index in [0.29, 0.717) is 5.82 Å². The van der Waals surface area contributed by atoms with Crippen molar-refractivity contribution in [3.63, 3.8) is 0 Å². The molecule has 0 saturated carbocycles. The van der Waals surface area contributed by atoms with E-state index >= 15 is 0 Å². The van der Waals surface area contributed by atoms with Crippen LogP contribution in [0.1, 0.15) is 36.2 Å². The molecule has 1 aromatic heterocycles. The van der Waals surface area contributed by atoms with E-state index in [9.17, 15) is 13.2 Å². The molecule has 1 heterocycles. The highest BCUT2D eigenvalue weighted by atomic mass is 32.2. The molecule has 7 nitrogen and oxygen atoms in total. The standard InChI is InChI=1S/C9H16N4O3S/c1-6(2)7-11-8(13-12-7)9(14)10-4-5-17(3,15)16/h6H,4-5H2,1-3H3,(H,10,14)(H,11,12,13). The summed E-state index contributed by atoms with van der Waals surface area (Å²) in [7, 11) is -3.07. The van der Waals surface area contributed by atoms with Crippen LogP contribution in [0.5, 0.6) is 0 Å². The number of H-pyrrole nitrogens is 1. The molecule has 96 valence electrons. The SMILES string of the molecule is CC(C)c1nc(C(=O)NCCS(C)(=O)=O)n[nH]1. The molecule has 0 aromatic carbocycles. The molecule has 0 unspecified atom stereocenters. The number of nitrogens with one attached hydrogen (secondary N) is 2. The zero-order valence-corrected chi connectivity index (χ0v) is 10.8. The molecule has 0 spiro atoms. The van der Waals surface area contributed by atoms with E-state index < -0.39 is 15.7 Å². The van der Waals surface area contributed by atoms with Crippen LogP contribution in [-0.4, -0.2) is 48.1 Å². The Hall–Kier alpha value is -1.44. The molecule has 0 bridgehead atoms. The van der Waals surface area contributed by atoms with Gasteiger partial charge in [0.05, 0.1) is 5.75 Å². The van der Waals surface area contributed by atoms with E-state index in [1.54, 1.807) is 0 Å². The number of carbonyl (C=O) groups is 1. The Kier molecular flexibility index (Phi) is 4.22. The van der Waals surface area contributed by atoms with Gasteiger partial charge in [0.2, 0.25) is 5.82 Å². The van der Waals surface area contributed by atoms with Crippen molar-refractivity contribution in [2.45, 2.75) is 19.8 Å². The van der Waals surface area contributed by atoms with Crippen molar-refractivity contribution in [2.24, 2.45) is 0 Å². The van der Waals surface area contributed by atoms with E-state index in [2.05, 4.69) is 20.5 Å². The maximum Gasteiger partial charge on any atom is 0.290 e. The minimum absolute atomic E-state index is 0.0298. The van der Waals surface area contributed by atoms with Crippen molar-refractivity contribution in [1.29, 1.82) is 0 Å². The second-order valence-electron chi connectivity index (χ2n) is 4.08. The molecular weight excluding hydrogens is 244 g/mol. The van der Waals surface area contributed by atoms with Gasteiger partial charge >= 0.3 is 0 Å². The second-order valence-corrected chi connectivity index (χ2v) is 6.34. The number of nitrogens with zero attached hydrogens (tertiary/aromatic N) is 2. The molecule has 1 amide bonds. The first-order valence-corrected chi connectivity index (χ1v) is 7.24. The largest absolute Gasteiger partial charge is 0.348 e. The highest BCUT2D eigenvalue weighted by Crippen LogP contribution is 2.07. The lowest BCUT2D eigenvalue weighted by Gasteiger charge is -2.00. The van der Waals surface area contributed by atoms with Gasteiger partial charge in [0.25, 0.3) is 5.91 Å². The van der Waals surface area contributed by atoms with Crippen LogP contribution >= 0.6 is 0 Å². The van der Waals surface area contributed by atoms with Crippen molar-refractivity contribution in [1.82, 2.24) is 20.5 Å². The van der Waals surface area contributed by atoms with Crippen molar-refractivity contribution >= 4 is 15.7 Å². The number of amides is 1. The number of hydrogen-bond donors (Lipinski definition) is 2. The van der Waals surface area contributed by atoms with Crippen LogP contribution in [-0.2, 0) is 9.84 Å². The summed E-state index contributed by atoms with van der Waals surface area (Å²) in [6, 6.07) is 0. The fourth-order valence-electron chi connectivity index (χ4n) is 1.06. The molecule has 1 rings (SSSR count). The average molecular weight is 260 g/mol. The smallest absolute Gasteiger partial charge is 0.290 e. The van der Waals surface area contributed by atoms with Gasteiger partial charge in [-0.25, -0.2) is 13.4 Å². The normalized spacial score (nSPS) is 11.8. The predicted molar refractivity (Wildman–Crippen MR) is 62.5 cm³/mol. The summed E-state index contributed by atoms with van der Waals surface area (Å²) in [5, 5.41) is 8.85. The third kappa shape index (κ3) is 4.51. The number of aromatic nitrogens is 3. The lowest BCUT2D eigenvalue weighted by Crippen LogP contribution is -2.29. The molecule has 0 radical (unpaired) electrons. The molecule has 0 aliphatic rings. The van der Waals surface area contributed by atoms with Crippen LogP contribution in [0.25, 0.3) is 0 Å². The van der Waals surface area contributed by atoms with Crippen molar-refractivity contribution < 1.29 is 13.2 Å². The Labute approximate surface area is 99.9 Å². The van der Waals surface area contributed by atoms with Crippen LogP contribution in [0, 0.1) is 0 Å². The Balaban J connectivity index is 2.52. The Morgan fingerprint density at radius 1 is 1.47 bits per heavy atom. The van der Waals surface area contributed by atoms with Crippen molar-refractivity contribution in [3.8, 4) is 0 Å². The van der Waals surface area contributed by atoms with Gasteiger partial charge in [-0.15, -0.1) is 5.10 Å². The van der Waals surface area contributed by atoms with Crippen LogP contribution in [0.3, 0.4) is 0 Å². The quantitative estimate of drug-likeness (QED) is 0.756. The minimum Gasteiger partial charge on any atom is -0.348 e. The van der Waals surface area contributed by atoms with Gasteiger partial charge in [0.15, 0.2) is 0 Å². The second kappa shape index (κ2) is 5.26. The lowest BCUT2D eigenvalue weighted by molar-refractivity contribution is 0.0946. The Bertz CT molecular complexity index is 492. The summed E-state index contributed by atoms with van der Waals surface area (Å²) in [5.41, 5.74) is 0. The predicted octanol–water partition coefficient (Wildman–Crippen LogP) is -0.297. The fourth-order valence-corrected chi connectivity index (χ4v) is 1.54. The van der Waals surface area contributed by atoms with Crippen LogP contribution < -0.4 is 5.32 Å². The number of aromatic amines is 1. The van der Waals surface area contributed by atoms with E-state index in [1.165, 1.54) is 0 Å². The molecule has 0 atom stereocenters. The molecule has 0 aliphatic heterocycles. The van der Waals surface area contributed by atoms with E-state index in [0.717, 1.165) is 6.26 Å².